The molecule has 1 unspecified atom stereocenters. The number of carbonyl (C=O) groups excluding carboxylic acids is 1. The minimum absolute atomic E-state index is 0.164. The Morgan fingerprint density at radius 1 is 1.38 bits per heavy atom. The van der Waals surface area contributed by atoms with Crippen LogP contribution in [0.2, 0.25) is 0 Å². The highest BCUT2D eigenvalue weighted by molar-refractivity contribution is 5.69. The third-order valence-electron chi connectivity index (χ3n) is 2.30. The van der Waals surface area contributed by atoms with Gasteiger partial charge in [0.15, 0.2) is 0 Å². The molecule has 0 heterocycles. The second-order valence-corrected chi connectivity index (χ2v) is 4.00. The van der Waals surface area contributed by atoms with Crippen LogP contribution in [0.25, 0.3) is 0 Å². The van der Waals surface area contributed by atoms with Crippen molar-refractivity contribution in [2.75, 3.05) is 27.2 Å². The van der Waals surface area contributed by atoms with Gasteiger partial charge in [-0.05, 0) is 13.0 Å². The van der Waals surface area contributed by atoms with Gasteiger partial charge in [-0.2, -0.15) is 0 Å². The van der Waals surface area contributed by atoms with Crippen LogP contribution < -0.4 is 5.73 Å². The normalized spacial score (nSPS) is 12.1. The molecule has 0 aromatic carbocycles. The van der Waals surface area contributed by atoms with Gasteiger partial charge < -0.3 is 15.4 Å². The van der Waals surface area contributed by atoms with E-state index in [-0.39, 0.29) is 12.0 Å². The Labute approximate surface area is 100 Å². The first-order valence-electron chi connectivity index (χ1n) is 5.98. The maximum Gasteiger partial charge on any atom is 0.306 e. The zero-order valence-electron chi connectivity index (χ0n) is 11.6. The lowest BCUT2D eigenvalue weighted by molar-refractivity contribution is -0.140. The minimum Gasteiger partial charge on any atom is -0.469 e. The van der Waals surface area contributed by atoms with Crippen molar-refractivity contribution < 1.29 is 9.53 Å². The Morgan fingerprint density at radius 3 is 2.25 bits per heavy atom. The molecule has 0 saturated carbocycles. The molecule has 0 aromatic rings. The molecule has 0 fully saturated rings. The molecule has 0 aliphatic heterocycles. The zero-order chi connectivity index (χ0) is 13.1. The van der Waals surface area contributed by atoms with Crippen LogP contribution in [0.5, 0.6) is 0 Å². The van der Waals surface area contributed by atoms with E-state index in [4.69, 9.17) is 5.73 Å². The topological polar surface area (TPSA) is 55.6 Å². The molecule has 0 aliphatic carbocycles. The van der Waals surface area contributed by atoms with E-state index in [1.54, 1.807) is 0 Å². The number of esters is 1. The molecule has 0 amide bonds. The molecule has 1 atom stereocenters. The van der Waals surface area contributed by atoms with Crippen molar-refractivity contribution in [3.63, 3.8) is 0 Å². The van der Waals surface area contributed by atoms with E-state index in [0.717, 1.165) is 6.54 Å². The van der Waals surface area contributed by atoms with E-state index in [9.17, 15) is 4.79 Å². The summed E-state index contributed by atoms with van der Waals surface area (Å²) >= 11 is 0. The number of carbonyl (C=O) groups is 1. The molecule has 98 valence electrons. The first-order chi connectivity index (χ1) is 7.47. The highest BCUT2D eigenvalue weighted by atomic mass is 16.5. The van der Waals surface area contributed by atoms with Gasteiger partial charge in [0.05, 0.1) is 13.5 Å². The van der Waals surface area contributed by atoms with Gasteiger partial charge in [0.25, 0.3) is 0 Å². The highest BCUT2D eigenvalue weighted by Gasteiger charge is 2.11. The summed E-state index contributed by atoms with van der Waals surface area (Å²) in [6, 6.07) is 0.164. The summed E-state index contributed by atoms with van der Waals surface area (Å²) < 4.78 is 4.56. The number of nitrogens with two attached hydrogens (primary N) is 1. The maximum atomic E-state index is 10.9. The Morgan fingerprint density at radius 2 is 1.88 bits per heavy atom. The third kappa shape index (κ3) is 9.93. The quantitative estimate of drug-likeness (QED) is 0.705. The van der Waals surface area contributed by atoms with Gasteiger partial charge in [0, 0.05) is 19.1 Å². The Kier molecular flexibility index (Phi) is 12.1. The van der Waals surface area contributed by atoms with Crippen molar-refractivity contribution in [3.8, 4) is 0 Å². The van der Waals surface area contributed by atoms with Crippen LogP contribution >= 0.6 is 0 Å². The fourth-order valence-electron chi connectivity index (χ4n) is 1.05. The first kappa shape index (κ1) is 17.8. The lowest BCUT2D eigenvalue weighted by Gasteiger charge is -2.23. The summed E-state index contributed by atoms with van der Waals surface area (Å²) in [4.78, 5) is 12.9. The molecule has 0 aliphatic rings. The summed E-state index contributed by atoms with van der Waals surface area (Å²) in [7, 11) is 3.37. The fourth-order valence-corrected chi connectivity index (χ4v) is 1.05. The number of nitrogens with zero attached hydrogens (tertiary/aromatic N) is 1. The highest BCUT2D eigenvalue weighted by Crippen LogP contribution is 2.00. The van der Waals surface area contributed by atoms with Crippen LogP contribution in [0.15, 0.2) is 0 Å². The third-order valence-corrected chi connectivity index (χ3v) is 2.30. The smallest absolute Gasteiger partial charge is 0.306 e. The number of likely N-dealkylation sites (N-methyl/N-ethyl adjacent to an activating group) is 1. The minimum atomic E-state index is -0.171. The largest absolute Gasteiger partial charge is 0.469 e. The van der Waals surface area contributed by atoms with Crippen LogP contribution in [-0.4, -0.2) is 44.2 Å². The molecule has 0 saturated heterocycles. The predicted octanol–water partition coefficient (Wildman–Crippen LogP) is 1.49. The fraction of sp³-hybridized carbons (Fsp3) is 0.917. The molecule has 4 nitrogen and oxygen atoms in total. The molecular weight excluding hydrogens is 204 g/mol. The molecule has 0 bridgehead atoms. The van der Waals surface area contributed by atoms with Crippen LogP contribution in [0.3, 0.4) is 0 Å². The lowest BCUT2D eigenvalue weighted by Crippen LogP contribution is -2.39. The SMILES string of the molecule is CC.COC(=O)CCN(C)CC(N)C(C)C. The molecule has 2 N–H and O–H groups in total. The summed E-state index contributed by atoms with van der Waals surface area (Å²) in [5, 5.41) is 0. The van der Waals surface area contributed by atoms with E-state index in [2.05, 4.69) is 23.5 Å². The Bertz CT molecular complexity index is 172. The van der Waals surface area contributed by atoms with Crippen LogP contribution in [-0.2, 0) is 9.53 Å². The van der Waals surface area contributed by atoms with E-state index < -0.39 is 0 Å². The maximum absolute atomic E-state index is 10.9. The summed E-state index contributed by atoms with van der Waals surface area (Å²) in [6.45, 7) is 9.71. The molecule has 4 heteroatoms. The predicted molar refractivity (Wildman–Crippen MR) is 68.3 cm³/mol. The number of ether oxygens (including phenoxy) is 1. The summed E-state index contributed by atoms with van der Waals surface area (Å²) in [5.74, 6) is 0.297. The second kappa shape index (κ2) is 10.9. The summed E-state index contributed by atoms with van der Waals surface area (Å²) in [5.41, 5.74) is 5.90. The average molecular weight is 232 g/mol. The molecule has 16 heavy (non-hydrogen) atoms. The van der Waals surface area contributed by atoms with Gasteiger partial charge in [0.1, 0.15) is 0 Å². The van der Waals surface area contributed by atoms with E-state index in [1.807, 2.05) is 20.9 Å². The number of rotatable bonds is 6. The van der Waals surface area contributed by atoms with Crippen molar-refractivity contribution >= 4 is 5.97 Å². The second-order valence-electron chi connectivity index (χ2n) is 4.00. The monoisotopic (exact) mass is 232 g/mol. The van der Waals surface area contributed by atoms with Crippen molar-refractivity contribution in [1.82, 2.24) is 4.90 Å². The number of hydrogen-bond donors (Lipinski definition) is 1. The standard InChI is InChI=1S/C10H22N2O2.C2H6/c1-8(2)9(11)7-12(3)6-5-10(13)14-4;1-2/h8-9H,5-7,11H2,1-4H3;1-2H3. The van der Waals surface area contributed by atoms with Gasteiger partial charge in [-0.3, -0.25) is 4.79 Å². The van der Waals surface area contributed by atoms with Crippen LogP contribution in [0, 0.1) is 5.92 Å². The molecule has 0 aromatic heterocycles. The number of hydrogen-bond acceptors (Lipinski definition) is 4. The van der Waals surface area contributed by atoms with Crippen molar-refractivity contribution in [1.29, 1.82) is 0 Å². The van der Waals surface area contributed by atoms with Crippen molar-refractivity contribution in [2.45, 2.75) is 40.2 Å². The average Bonchev–Trinajstić information content (AvgIpc) is 2.28. The van der Waals surface area contributed by atoms with E-state index >= 15 is 0 Å². The first-order valence-corrected chi connectivity index (χ1v) is 5.98. The van der Waals surface area contributed by atoms with Crippen molar-refractivity contribution in [3.05, 3.63) is 0 Å². The Hall–Kier alpha value is -0.610. The Balaban J connectivity index is 0. The molecule has 0 spiro atoms. The van der Waals surface area contributed by atoms with E-state index in [1.165, 1.54) is 7.11 Å². The van der Waals surface area contributed by atoms with Gasteiger partial charge >= 0.3 is 5.97 Å². The van der Waals surface area contributed by atoms with Gasteiger partial charge in [-0.25, -0.2) is 0 Å². The number of methoxy groups -OCH3 is 1. The van der Waals surface area contributed by atoms with E-state index in [0.29, 0.717) is 18.9 Å². The van der Waals surface area contributed by atoms with Gasteiger partial charge in [-0.1, -0.05) is 27.7 Å². The van der Waals surface area contributed by atoms with Crippen LogP contribution in [0.1, 0.15) is 34.1 Å². The lowest BCUT2D eigenvalue weighted by atomic mass is 10.1. The summed E-state index contributed by atoms with van der Waals surface area (Å²) in [6.07, 6.45) is 0.428. The van der Waals surface area contributed by atoms with Crippen LogP contribution in [0.4, 0.5) is 0 Å². The van der Waals surface area contributed by atoms with Gasteiger partial charge in [-0.15, -0.1) is 0 Å². The molecule has 0 radical (unpaired) electrons. The van der Waals surface area contributed by atoms with Crippen molar-refractivity contribution in [2.24, 2.45) is 11.7 Å². The van der Waals surface area contributed by atoms with Gasteiger partial charge in [0.2, 0.25) is 0 Å². The zero-order valence-corrected chi connectivity index (χ0v) is 11.6. The molecular formula is C12H28N2O2. The molecule has 0 rings (SSSR count).